The Bertz CT molecular complexity index is 3690. The Morgan fingerprint density at radius 3 is 2.65 bits per heavy atom. The molecule has 93 heavy (non-hydrogen) atoms. The molecule has 19 unspecified atom stereocenters. The molecule has 7 heterocycles. The molecule has 15 nitrogen and oxygen atoms in total. The fourth-order valence-electron chi connectivity index (χ4n) is 22.7. The molecule has 5 fully saturated rings. The van der Waals surface area contributed by atoms with Crippen molar-refractivity contribution in [1.29, 1.82) is 0 Å². The number of carbonyl (C=O) groups is 3. The number of aliphatic hydroxyl groups excluding tert-OH is 2. The highest BCUT2D eigenvalue weighted by Crippen LogP contribution is 2.71. The van der Waals surface area contributed by atoms with E-state index in [1.807, 2.05) is 38.2 Å². The summed E-state index contributed by atoms with van der Waals surface area (Å²) < 4.78 is 14.7. The zero-order valence-electron chi connectivity index (χ0n) is 55.1. The number of hydrogen-bond donors (Lipinski definition) is 10. The summed E-state index contributed by atoms with van der Waals surface area (Å²) in [7, 11) is 1.97. The van der Waals surface area contributed by atoms with Crippen molar-refractivity contribution in [2.45, 2.75) is 209 Å². The molecule has 7 aliphatic heterocycles. The molecule has 2 aromatic rings. The molecule has 3 spiro atoms. The van der Waals surface area contributed by atoms with E-state index < -0.39 is 63.5 Å². The highest BCUT2D eigenvalue weighted by molar-refractivity contribution is 6.33. The molecular formula is C78H99N7O8. The number of hydrogen-bond acceptors (Lipinski definition) is 15. The average Bonchev–Trinajstić information content (AvgIpc) is 1.50. The fraction of sp³-hybridized carbons (Fsp3) is 0.603. The summed E-state index contributed by atoms with van der Waals surface area (Å²) >= 11 is 0. The van der Waals surface area contributed by atoms with Gasteiger partial charge in [0.1, 0.15) is 17.7 Å². The van der Waals surface area contributed by atoms with Crippen LogP contribution in [0.5, 0.6) is 5.75 Å². The van der Waals surface area contributed by atoms with Crippen LogP contribution >= 0.6 is 0 Å². The molecule has 1 saturated heterocycles. The van der Waals surface area contributed by atoms with E-state index in [-0.39, 0.29) is 77.0 Å². The number of dihydropyridines is 2. The third kappa shape index (κ3) is 9.85. The van der Waals surface area contributed by atoms with Gasteiger partial charge >= 0.3 is 5.97 Å². The Morgan fingerprint density at radius 2 is 1.82 bits per heavy atom. The molecule has 11 bridgehead atoms. The Balaban J connectivity index is 0.884. The molecular weight excluding hydrogens is 1160 g/mol. The van der Waals surface area contributed by atoms with Crippen LogP contribution in [0.3, 0.4) is 0 Å². The number of epoxide rings is 1. The number of aromatic hydroxyl groups is 1. The quantitative estimate of drug-likeness (QED) is 0.0462. The van der Waals surface area contributed by atoms with Gasteiger partial charge in [0.2, 0.25) is 5.78 Å². The molecule has 0 radical (unpaired) electrons. The van der Waals surface area contributed by atoms with Crippen molar-refractivity contribution in [2.75, 3.05) is 26.7 Å². The van der Waals surface area contributed by atoms with E-state index >= 15 is 14.4 Å². The maximum Gasteiger partial charge on any atom is 0.350 e. The van der Waals surface area contributed by atoms with Crippen molar-refractivity contribution in [3.05, 3.63) is 158 Å². The number of ether oxygens (including phenoxy) is 2. The Morgan fingerprint density at radius 1 is 0.946 bits per heavy atom. The number of carbonyl (C=O) groups excluding carboxylic acids is 3. The number of rotatable bonds is 10. The van der Waals surface area contributed by atoms with Crippen LogP contribution in [0, 0.1) is 57.7 Å². The first-order chi connectivity index (χ1) is 44.9. The number of nitrogens with two attached hydrogens (primary N) is 1. The van der Waals surface area contributed by atoms with Gasteiger partial charge in [-0.1, -0.05) is 99.1 Å². The Kier molecular flexibility index (Phi) is 15.3. The van der Waals surface area contributed by atoms with Crippen molar-refractivity contribution >= 4 is 17.5 Å². The minimum Gasteiger partial charge on any atom is -0.508 e. The lowest BCUT2D eigenvalue weighted by Gasteiger charge is -2.63. The summed E-state index contributed by atoms with van der Waals surface area (Å²) in [5, 5.41) is 59.2. The van der Waals surface area contributed by atoms with Gasteiger partial charge in [-0.2, -0.15) is 0 Å². The second kappa shape index (κ2) is 23.1. The monoisotopic (exact) mass is 1260 g/mol. The maximum atomic E-state index is 17.0. The van der Waals surface area contributed by atoms with Crippen LogP contribution in [-0.4, -0.2) is 107 Å². The lowest BCUT2D eigenvalue weighted by atomic mass is 9.45. The van der Waals surface area contributed by atoms with Gasteiger partial charge in [0.25, 0.3) is 5.60 Å². The minimum atomic E-state index is -2.34. The summed E-state index contributed by atoms with van der Waals surface area (Å²) in [5.41, 5.74) is 11.1. The minimum absolute atomic E-state index is 0.0243. The Hall–Kier alpha value is -6.07. The average molecular weight is 1260 g/mol. The van der Waals surface area contributed by atoms with Gasteiger partial charge in [0, 0.05) is 59.6 Å². The number of nitrogens with one attached hydrogen (secondary N) is 6. The number of ketones is 2. The molecule has 4 saturated carbocycles. The number of benzene rings is 2. The molecule has 11 N–H and O–H groups in total. The van der Waals surface area contributed by atoms with Crippen LogP contribution in [0.1, 0.15) is 187 Å². The second-order valence-corrected chi connectivity index (χ2v) is 32.1. The van der Waals surface area contributed by atoms with Crippen molar-refractivity contribution in [2.24, 2.45) is 63.4 Å². The SMILES string of the molecule is CCNC12C=C3C=CCC4CCCCC5(C)CC6=CNC(N)C(=C6)C(c6cccc(O)c6)CC6C(C1)C(CC(O)C61CCC6(CC7C=CNC7C6)C1)C(OC(=O)C16OC1(CC(CO)=C(C)CCC1=CCNC7=C1CCC(NC)N7)C(=O)c1cccc(c1C6=O)C5)C2CC34. The molecule has 15 heteroatoms. The topological polar surface area (TPSA) is 232 Å². The highest BCUT2D eigenvalue weighted by atomic mass is 16.7. The van der Waals surface area contributed by atoms with Crippen LogP contribution < -0.4 is 37.6 Å². The van der Waals surface area contributed by atoms with Gasteiger partial charge in [-0.25, -0.2) is 4.79 Å². The van der Waals surface area contributed by atoms with Crippen molar-refractivity contribution < 1.29 is 39.2 Å². The van der Waals surface area contributed by atoms with Crippen LogP contribution in [0.15, 0.2) is 136 Å². The number of phenols is 1. The van der Waals surface area contributed by atoms with Crippen molar-refractivity contribution in [3.63, 3.8) is 0 Å². The van der Waals surface area contributed by atoms with Crippen LogP contribution in [0.25, 0.3) is 0 Å². The first kappa shape index (κ1) is 61.8. The molecule has 7 aliphatic carbocycles. The van der Waals surface area contributed by atoms with Crippen LogP contribution in [0.4, 0.5) is 0 Å². The van der Waals surface area contributed by atoms with Gasteiger partial charge in [0.15, 0.2) is 11.4 Å². The molecule has 0 aromatic heterocycles. The summed E-state index contributed by atoms with van der Waals surface area (Å²) in [4.78, 5) is 50.0. The number of likely N-dealkylation sites (N-methyl/N-ethyl adjacent to an activating group) is 1. The van der Waals surface area contributed by atoms with Crippen LogP contribution in [0.2, 0.25) is 0 Å². The standard InChI is InChI=1S/C78H99N7O8/c1-5-84-76-37-49-14-8-12-46-11-6-7-24-73(3)34-45-29-59(70(79)83-41-45)57(48-13-9-16-53(87)30-48)32-61-60(39-76)58(33-64(88)75(61)26-25-74(43-75)36-50-23-27-81-63(50)40-74)67(62(76)31-56(46)49)92-72(91)78-69(90)66-51(35-73)15-10-17-55(66)68(89)77(78,93-78)38-52(42-86)44(2)18-19-47-22-28-82-71-54(47)20-21-65(80-4)85-71/h8-10,13-17,22-23,27,29-30,37,41,46,50,56-58,60-65,67,70,80-88H,5-7,11-12,18-21,24-26,28,31-36,38-40,42-43,79H2,1-4H3. The van der Waals surface area contributed by atoms with Gasteiger partial charge in [-0.3, -0.25) is 9.59 Å². The maximum absolute atomic E-state index is 17.0. The van der Waals surface area contributed by atoms with Crippen LogP contribution in [-0.2, 0) is 20.7 Å². The first-order valence-corrected chi connectivity index (χ1v) is 35.9. The normalized spacial score (nSPS) is 41.9. The third-order valence-corrected chi connectivity index (χ3v) is 27.1. The smallest absolute Gasteiger partial charge is 0.350 e. The number of allylic oxidation sites excluding steroid dienone is 8. The Labute approximate surface area is 549 Å². The van der Waals surface area contributed by atoms with E-state index in [1.54, 1.807) is 12.1 Å². The summed E-state index contributed by atoms with van der Waals surface area (Å²) in [6.07, 6.45) is 33.0. The molecule has 19 atom stereocenters. The number of aliphatic hydroxyl groups is 2. The van der Waals surface area contributed by atoms with E-state index in [4.69, 9.17) is 15.2 Å². The zero-order chi connectivity index (χ0) is 64.0. The molecule has 16 rings (SSSR count). The number of fused-ring (bicyclic) bond motifs is 5. The lowest BCUT2D eigenvalue weighted by molar-refractivity contribution is -0.199. The lowest BCUT2D eigenvalue weighted by Crippen LogP contribution is -2.68. The zero-order valence-corrected chi connectivity index (χ0v) is 55.1. The molecule has 14 aliphatic rings. The number of phenolic OH excluding ortho intramolecular Hbond substituents is 1. The second-order valence-electron chi connectivity index (χ2n) is 32.1. The van der Waals surface area contributed by atoms with Gasteiger partial charge in [-0.05, 0) is 245 Å². The van der Waals surface area contributed by atoms with E-state index in [1.165, 1.54) is 16.7 Å². The largest absolute Gasteiger partial charge is 0.508 e. The van der Waals surface area contributed by atoms with E-state index in [2.05, 4.69) is 101 Å². The molecule has 0 amide bonds. The van der Waals surface area contributed by atoms with E-state index in [0.29, 0.717) is 80.6 Å². The summed E-state index contributed by atoms with van der Waals surface area (Å²) in [6, 6.07) is 13.7. The molecule has 2 aromatic carbocycles. The third-order valence-electron chi connectivity index (χ3n) is 27.1. The van der Waals surface area contributed by atoms with Crippen molar-refractivity contribution in [1.82, 2.24) is 31.9 Å². The fourth-order valence-corrected chi connectivity index (χ4v) is 22.7. The van der Waals surface area contributed by atoms with Gasteiger partial charge < -0.3 is 62.4 Å². The van der Waals surface area contributed by atoms with E-state index in [0.717, 1.165) is 118 Å². The number of Topliss-reactive ketones (excluding diaryl/α,β-unsaturated/α-hetero) is 2. The van der Waals surface area contributed by atoms with Gasteiger partial charge in [-0.15, -0.1) is 0 Å². The molecule has 494 valence electrons. The predicted molar refractivity (Wildman–Crippen MR) is 358 cm³/mol. The predicted octanol–water partition coefficient (Wildman–Crippen LogP) is 10.3. The van der Waals surface area contributed by atoms with Crippen molar-refractivity contribution in [3.8, 4) is 5.75 Å². The first-order valence-electron chi connectivity index (χ1n) is 35.9. The highest BCUT2D eigenvalue weighted by Gasteiger charge is 2.86. The number of esters is 1. The van der Waals surface area contributed by atoms with E-state index in [9.17, 15) is 15.3 Å². The van der Waals surface area contributed by atoms with Gasteiger partial charge in [0.05, 0.1) is 25.0 Å². The summed E-state index contributed by atoms with van der Waals surface area (Å²) in [6.45, 7) is 7.49. The summed E-state index contributed by atoms with van der Waals surface area (Å²) in [5.74, 6) is -0.652.